The first-order chi connectivity index (χ1) is 10.5. The van der Waals surface area contributed by atoms with Crippen molar-refractivity contribution in [3.05, 3.63) is 67.5 Å². The van der Waals surface area contributed by atoms with Crippen molar-refractivity contribution in [1.29, 1.82) is 0 Å². The highest BCUT2D eigenvalue weighted by Crippen LogP contribution is 2.24. The molecule has 0 unspecified atom stereocenters. The maximum absolute atomic E-state index is 12.3. The van der Waals surface area contributed by atoms with Crippen LogP contribution in [0.3, 0.4) is 0 Å². The molecule has 0 bridgehead atoms. The van der Waals surface area contributed by atoms with Crippen molar-refractivity contribution in [2.75, 3.05) is 5.32 Å². The number of nitrogens with zero attached hydrogens (tertiary/aromatic N) is 1. The third-order valence-corrected chi connectivity index (χ3v) is 3.96. The first-order valence-corrected chi connectivity index (χ1v) is 7.78. The van der Waals surface area contributed by atoms with E-state index in [4.69, 9.17) is 4.42 Å². The Morgan fingerprint density at radius 3 is 2.73 bits per heavy atom. The van der Waals surface area contributed by atoms with Gasteiger partial charge < -0.3 is 9.73 Å². The molecule has 110 valence electrons. The summed E-state index contributed by atoms with van der Waals surface area (Å²) in [5, 5.41) is 3.26. The molecule has 22 heavy (non-hydrogen) atoms. The predicted octanol–water partition coefficient (Wildman–Crippen LogP) is 3.97. The van der Waals surface area contributed by atoms with Crippen LogP contribution in [0.4, 0.5) is 5.82 Å². The number of fused-ring (bicyclic) bond motifs is 1. The van der Waals surface area contributed by atoms with Gasteiger partial charge in [-0.1, -0.05) is 18.2 Å². The number of hydrogen-bond acceptors (Lipinski definition) is 4. The van der Waals surface area contributed by atoms with Crippen LogP contribution in [0.25, 0.3) is 11.0 Å². The summed E-state index contributed by atoms with van der Waals surface area (Å²) in [4.78, 5) is 28.3. The molecule has 0 aliphatic rings. The molecule has 0 saturated heterocycles. The van der Waals surface area contributed by atoms with Crippen LogP contribution < -0.4 is 10.9 Å². The molecule has 5 nitrogen and oxygen atoms in total. The molecule has 7 heteroatoms. The summed E-state index contributed by atoms with van der Waals surface area (Å²) in [6.07, 6.45) is 1.54. The summed E-state index contributed by atoms with van der Waals surface area (Å²) < 4.78 is 6.51. The van der Waals surface area contributed by atoms with Crippen molar-refractivity contribution < 1.29 is 9.21 Å². The molecule has 1 amide bonds. The van der Waals surface area contributed by atoms with Crippen molar-refractivity contribution >= 4 is 54.6 Å². The second-order valence-electron chi connectivity index (χ2n) is 4.42. The van der Waals surface area contributed by atoms with E-state index >= 15 is 0 Å². The minimum atomic E-state index is -0.690. The summed E-state index contributed by atoms with van der Waals surface area (Å²) in [7, 11) is 0. The van der Waals surface area contributed by atoms with E-state index in [0.29, 0.717) is 21.3 Å². The van der Waals surface area contributed by atoms with E-state index in [2.05, 4.69) is 42.2 Å². The molecule has 2 heterocycles. The number of hydrogen-bond donors (Lipinski definition) is 1. The third-order valence-electron chi connectivity index (χ3n) is 2.93. The minimum Gasteiger partial charge on any atom is -0.422 e. The number of amides is 1. The lowest BCUT2D eigenvalue weighted by Crippen LogP contribution is -2.21. The molecule has 1 N–H and O–H groups in total. The molecule has 0 radical (unpaired) electrons. The average molecular weight is 424 g/mol. The zero-order valence-electron chi connectivity index (χ0n) is 11.0. The van der Waals surface area contributed by atoms with Gasteiger partial charge in [-0.05, 0) is 50.1 Å². The lowest BCUT2D eigenvalue weighted by atomic mass is 10.2. The molecule has 1 aromatic carbocycles. The molecule has 0 aliphatic heterocycles. The van der Waals surface area contributed by atoms with Crippen LogP contribution in [-0.4, -0.2) is 10.9 Å². The van der Waals surface area contributed by atoms with Crippen molar-refractivity contribution in [3.63, 3.8) is 0 Å². The van der Waals surface area contributed by atoms with Crippen LogP contribution >= 0.6 is 31.9 Å². The zero-order chi connectivity index (χ0) is 15.7. The van der Waals surface area contributed by atoms with Gasteiger partial charge in [0.15, 0.2) is 0 Å². The number of halogens is 2. The Kier molecular flexibility index (Phi) is 4.08. The normalized spacial score (nSPS) is 10.6. The molecule has 0 saturated carbocycles. The Bertz CT molecular complexity index is 937. The van der Waals surface area contributed by atoms with Crippen LogP contribution in [0.1, 0.15) is 10.4 Å². The van der Waals surface area contributed by atoms with E-state index in [0.717, 1.165) is 4.47 Å². The predicted molar refractivity (Wildman–Crippen MR) is 90.1 cm³/mol. The van der Waals surface area contributed by atoms with E-state index in [1.54, 1.807) is 36.5 Å². The lowest BCUT2D eigenvalue weighted by Gasteiger charge is -2.06. The third kappa shape index (κ3) is 2.95. The van der Waals surface area contributed by atoms with Gasteiger partial charge in [0, 0.05) is 16.1 Å². The summed E-state index contributed by atoms with van der Waals surface area (Å²) >= 11 is 6.57. The molecule has 3 rings (SSSR count). The quantitative estimate of drug-likeness (QED) is 0.633. The second-order valence-corrected chi connectivity index (χ2v) is 6.19. The SMILES string of the molecule is O=C(Nc1ncc(Br)cc1Br)c1cc2ccccc2oc1=O. The number of nitrogens with one attached hydrogen (secondary N) is 1. The Balaban J connectivity index is 1.98. The Morgan fingerprint density at radius 1 is 1.18 bits per heavy atom. The van der Waals surface area contributed by atoms with Crippen LogP contribution in [0.5, 0.6) is 0 Å². The highest BCUT2D eigenvalue weighted by atomic mass is 79.9. The molecule has 0 fully saturated rings. The summed E-state index contributed by atoms with van der Waals surface area (Å²) in [6.45, 7) is 0. The van der Waals surface area contributed by atoms with Gasteiger partial charge in [0.05, 0.1) is 4.47 Å². The van der Waals surface area contributed by atoms with Gasteiger partial charge in [-0.2, -0.15) is 0 Å². The van der Waals surface area contributed by atoms with Gasteiger partial charge in [-0.15, -0.1) is 0 Å². The van der Waals surface area contributed by atoms with Gasteiger partial charge in [-0.25, -0.2) is 9.78 Å². The highest BCUT2D eigenvalue weighted by Gasteiger charge is 2.15. The Morgan fingerprint density at radius 2 is 1.95 bits per heavy atom. The topological polar surface area (TPSA) is 72.2 Å². The number of rotatable bonds is 2. The van der Waals surface area contributed by atoms with Crippen LogP contribution in [0, 0.1) is 0 Å². The highest BCUT2D eigenvalue weighted by molar-refractivity contribution is 9.11. The van der Waals surface area contributed by atoms with Crippen LogP contribution in [-0.2, 0) is 0 Å². The number of aromatic nitrogens is 1. The monoisotopic (exact) mass is 422 g/mol. The number of benzene rings is 1. The molecule has 2 aromatic heterocycles. The molecule has 3 aromatic rings. The van der Waals surface area contributed by atoms with Crippen molar-refractivity contribution in [2.24, 2.45) is 0 Å². The summed E-state index contributed by atoms with van der Waals surface area (Å²) in [6, 6.07) is 10.2. The van der Waals surface area contributed by atoms with E-state index < -0.39 is 11.5 Å². The first kappa shape index (κ1) is 14.9. The number of pyridine rings is 1. The molecule has 0 spiro atoms. The fourth-order valence-corrected chi connectivity index (χ4v) is 2.99. The van der Waals surface area contributed by atoms with E-state index in [1.807, 2.05) is 0 Å². The fourth-order valence-electron chi connectivity index (χ4n) is 1.90. The summed E-state index contributed by atoms with van der Waals surface area (Å²) in [5.74, 6) is -0.254. The standard InChI is InChI=1S/C15H8Br2N2O3/c16-9-6-11(17)13(18-7-9)19-14(20)10-5-8-3-1-2-4-12(8)22-15(10)21/h1-7H,(H,18,19,20). The fraction of sp³-hybridized carbons (Fsp3) is 0. The van der Waals surface area contributed by atoms with Gasteiger partial charge in [0.25, 0.3) is 5.91 Å². The Labute approximate surface area is 141 Å². The minimum absolute atomic E-state index is 0.0738. The number of anilines is 1. The number of carbonyl (C=O) groups excluding carboxylic acids is 1. The van der Waals surface area contributed by atoms with Gasteiger partial charge in [0.1, 0.15) is 17.0 Å². The van der Waals surface area contributed by atoms with Crippen molar-refractivity contribution in [2.45, 2.75) is 0 Å². The second kappa shape index (κ2) is 6.02. The smallest absolute Gasteiger partial charge is 0.349 e. The van der Waals surface area contributed by atoms with E-state index in [9.17, 15) is 9.59 Å². The first-order valence-electron chi connectivity index (χ1n) is 6.20. The maximum atomic E-state index is 12.3. The van der Waals surface area contributed by atoms with Crippen molar-refractivity contribution in [3.8, 4) is 0 Å². The molecule has 0 atom stereocenters. The Hall–Kier alpha value is -1.99. The van der Waals surface area contributed by atoms with Crippen LogP contribution in [0.2, 0.25) is 0 Å². The van der Waals surface area contributed by atoms with E-state index in [1.165, 1.54) is 6.07 Å². The van der Waals surface area contributed by atoms with Gasteiger partial charge in [-0.3, -0.25) is 4.79 Å². The average Bonchev–Trinajstić information content (AvgIpc) is 2.49. The number of para-hydroxylation sites is 1. The molecule has 0 aliphatic carbocycles. The molecular formula is C15H8Br2N2O3. The van der Waals surface area contributed by atoms with Gasteiger partial charge >= 0.3 is 5.63 Å². The molecular weight excluding hydrogens is 416 g/mol. The van der Waals surface area contributed by atoms with E-state index in [-0.39, 0.29) is 5.56 Å². The zero-order valence-corrected chi connectivity index (χ0v) is 14.1. The lowest BCUT2D eigenvalue weighted by molar-refractivity contribution is 0.102. The summed E-state index contributed by atoms with van der Waals surface area (Å²) in [5.41, 5.74) is -0.327. The number of carbonyl (C=O) groups is 1. The maximum Gasteiger partial charge on any atom is 0.349 e. The van der Waals surface area contributed by atoms with Crippen LogP contribution in [0.15, 0.2) is 60.8 Å². The van der Waals surface area contributed by atoms with Crippen molar-refractivity contribution in [1.82, 2.24) is 4.98 Å². The largest absolute Gasteiger partial charge is 0.422 e. The van der Waals surface area contributed by atoms with Gasteiger partial charge in [0.2, 0.25) is 0 Å².